The van der Waals surface area contributed by atoms with Crippen LogP contribution in [0, 0.1) is 0 Å². The molecule has 0 radical (unpaired) electrons. The Kier molecular flexibility index (Phi) is 4.58. The van der Waals surface area contributed by atoms with Gasteiger partial charge in [-0.15, -0.1) is 15.0 Å². The van der Waals surface area contributed by atoms with E-state index >= 15 is 0 Å². The number of halogens is 1. The second kappa shape index (κ2) is 7.21. The number of rotatable bonds is 4. The molecular weight excluding hydrogens is 382 g/mol. The molecule has 1 heterocycles. The molecule has 0 fully saturated rings. The predicted molar refractivity (Wildman–Crippen MR) is 103 cm³/mol. The summed E-state index contributed by atoms with van der Waals surface area (Å²) in [5, 5.41) is 19.5. The number of carbonyl (C=O) groups is 1. The average molecular weight is 396 g/mol. The summed E-state index contributed by atoms with van der Waals surface area (Å²) in [4.78, 5) is 13.5. The fourth-order valence-electron chi connectivity index (χ4n) is 2.62. The summed E-state index contributed by atoms with van der Waals surface area (Å²) in [6.45, 7) is 0. The molecule has 0 atom stereocenters. The van der Waals surface area contributed by atoms with Crippen LogP contribution in [0.15, 0.2) is 60.7 Å². The van der Waals surface area contributed by atoms with Gasteiger partial charge in [0, 0.05) is 11.1 Å². The molecule has 4 aromatic rings. The van der Waals surface area contributed by atoms with Crippen LogP contribution in [0.2, 0.25) is 5.02 Å². The lowest BCUT2D eigenvalue weighted by molar-refractivity contribution is 0.0734. The van der Waals surface area contributed by atoms with Gasteiger partial charge in [0.15, 0.2) is 0 Å². The Morgan fingerprint density at radius 1 is 0.964 bits per heavy atom. The molecule has 0 aliphatic carbocycles. The van der Waals surface area contributed by atoms with Crippen molar-refractivity contribution in [2.75, 3.05) is 7.11 Å². The third-order valence-corrected chi connectivity index (χ3v) is 4.28. The van der Waals surface area contributed by atoms with E-state index in [-0.39, 0.29) is 11.5 Å². The van der Waals surface area contributed by atoms with Crippen LogP contribution in [-0.2, 0) is 0 Å². The molecule has 8 heteroatoms. The normalized spacial score (nSPS) is 10.8. The maximum absolute atomic E-state index is 12.2. The maximum atomic E-state index is 12.2. The number of fused-ring (bicyclic) bond motifs is 1. The van der Waals surface area contributed by atoms with Crippen molar-refractivity contribution in [3.8, 4) is 22.9 Å². The minimum atomic E-state index is -0.549. The molecule has 28 heavy (non-hydrogen) atoms. The third-order valence-electron chi connectivity index (χ3n) is 4.04. The van der Waals surface area contributed by atoms with Crippen molar-refractivity contribution >= 4 is 28.6 Å². The number of esters is 1. The van der Waals surface area contributed by atoms with E-state index in [0.717, 1.165) is 0 Å². The molecular formula is C20H14ClN3O4. The third kappa shape index (κ3) is 3.47. The topological polar surface area (TPSA) is 86.5 Å². The zero-order valence-electron chi connectivity index (χ0n) is 14.7. The van der Waals surface area contributed by atoms with E-state index in [9.17, 15) is 9.90 Å². The van der Waals surface area contributed by atoms with Crippen LogP contribution in [0.4, 0.5) is 0 Å². The van der Waals surface area contributed by atoms with Crippen molar-refractivity contribution in [1.29, 1.82) is 0 Å². The first-order valence-electron chi connectivity index (χ1n) is 8.26. The van der Waals surface area contributed by atoms with E-state index in [2.05, 4.69) is 10.2 Å². The number of hydrogen-bond acceptors (Lipinski definition) is 6. The quantitative estimate of drug-likeness (QED) is 0.415. The van der Waals surface area contributed by atoms with Crippen molar-refractivity contribution in [2.24, 2.45) is 0 Å². The number of hydrogen-bond donors (Lipinski definition) is 1. The van der Waals surface area contributed by atoms with Gasteiger partial charge in [0.2, 0.25) is 0 Å². The van der Waals surface area contributed by atoms with Gasteiger partial charge < -0.3 is 14.6 Å². The molecule has 3 aromatic carbocycles. The van der Waals surface area contributed by atoms with Crippen LogP contribution in [0.25, 0.3) is 16.7 Å². The van der Waals surface area contributed by atoms with Crippen LogP contribution in [0.1, 0.15) is 10.4 Å². The Bertz CT molecular complexity index is 1170. The van der Waals surface area contributed by atoms with E-state index in [1.54, 1.807) is 61.7 Å². The highest BCUT2D eigenvalue weighted by molar-refractivity contribution is 6.31. The van der Waals surface area contributed by atoms with Crippen molar-refractivity contribution in [2.45, 2.75) is 0 Å². The SMILES string of the molecule is COc1ccc(C(=O)Oc2ccc(-n3nc4ccc(Cl)cc4n3)c(O)c2)cc1. The Morgan fingerprint density at radius 3 is 2.39 bits per heavy atom. The monoisotopic (exact) mass is 395 g/mol. The van der Waals surface area contributed by atoms with Gasteiger partial charge in [-0.25, -0.2) is 4.79 Å². The number of aromatic nitrogens is 3. The van der Waals surface area contributed by atoms with Gasteiger partial charge in [-0.05, 0) is 54.6 Å². The number of carbonyl (C=O) groups excluding carboxylic acids is 1. The Morgan fingerprint density at radius 2 is 1.68 bits per heavy atom. The lowest BCUT2D eigenvalue weighted by Crippen LogP contribution is -2.08. The van der Waals surface area contributed by atoms with E-state index < -0.39 is 5.97 Å². The van der Waals surface area contributed by atoms with Crippen LogP contribution in [0.3, 0.4) is 0 Å². The lowest BCUT2D eigenvalue weighted by Gasteiger charge is -2.08. The summed E-state index contributed by atoms with van der Waals surface area (Å²) in [6, 6.07) is 16.1. The van der Waals surface area contributed by atoms with Gasteiger partial charge in [0.1, 0.15) is 34.0 Å². The molecule has 0 saturated carbocycles. The van der Waals surface area contributed by atoms with Crippen molar-refractivity contribution in [1.82, 2.24) is 15.0 Å². The van der Waals surface area contributed by atoms with Crippen LogP contribution in [-0.4, -0.2) is 33.2 Å². The molecule has 0 aliphatic rings. The Balaban J connectivity index is 1.57. The van der Waals surface area contributed by atoms with Crippen LogP contribution in [0.5, 0.6) is 17.2 Å². The van der Waals surface area contributed by atoms with Crippen molar-refractivity contribution < 1.29 is 19.4 Å². The number of ether oxygens (including phenoxy) is 2. The molecule has 1 N–H and O–H groups in total. The Labute approximate surface area is 164 Å². The fourth-order valence-corrected chi connectivity index (χ4v) is 2.79. The molecule has 1 aromatic heterocycles. The zero-order chi connectivity index (χ0) is 19.7. The molecule has 0 amide bonds. The number of phenols is 1. The standard InChI is InChI=1S/C20H14ClN3O4/c1-27-14-5-2-12(3-6-14)20(26)28-15-7-9-18(19(25)11-15)24-22-16-8-4-13(21)10-17(16)23-24/h2-11,25H,1H3. The molecule has 4 rings (SSSR count). The molecule has 0 unspecified atom stereocenters. The minimum absolute atomic E-state index is 0.133. The highest BCUT2D eigenvalue weighted by Crippen LogP contribution is 2.28. The van der Waals surface area contributed by atoms with Crippen molar-refractivity contribution in [3.05, 3.63) is 71.2 Å². The molecule has 0 bridgehead atoms. The van der Waals surface area contributed by atoms with E-state index in [4.69, 9.17) is 21.1 Å². The molecule has 0 saturated heterocycles. The highest BCUT2D eigenvalue weighted by atomic mass is 35.5. The smallest absolute Gasteiger partial charge is 0.343 e. The summed E-state index contributed by atoms with van der Waals surface area (Å²) in [6.07, 6.45) is 0. The number of nitrogens with zero attached hydrogens (tertiary/aromatic N) is 3. The Hall–Kier alpha value is -3.58. The predicted octanol–water partition coefficient (Wildman–Crippen LogP) is 4.01. The summed E-state index contributed by atoms with van der Waals surface area (Å²) in [5.74, 6) is 0.152. The molecule has 0 aliphatic heterocycles. The van der Waals surface area contributed by atoms with Crippen LogP contribution >= 0.6 is 11.6 Å². The summed E-state index contributed by atoms with van der Waals surface area (Å²) in [5.41, 5.74) is 1.94. The van der Waals surface area contributed by atoms with E-state index in [1.807, 2.05) is 0 Å². The van der Waals surface area contributed by atoms with Gasteiger partial charge in [-0.2, -0.15) is 0 Å². The zero-order valence-corrected chi connectivity index (χ0v) is 15.4. The second-order valence-electron chi connectivity index (χ2n) is 5.89. The molecule has 0 spiro atoms. The van der Waals surface area contributed by atoms with Gasteiger partial charge in [-0.3, -0.25) is 0 Å². The first-order valence-corrected chi connectivity index (χ1v) is 8.63. The number of methoxy groups -OCH3 is 1. The summed E-state index contributed by atoms with van der Waals surface area (Å²) in [7, 11) is 1.55. The number of benzene rings is 3. The molecule has 7 nitrogen and oxygen atoms in total. The summed E-state index contributed by atoms with van der Waals surface area (Å²) < 4.78 is 10.4. The maximum Gasteiger partial charge on any atom is 0.343 e. The average Bonchev–Trinajstić information content (AvgIpc) is 3.10. The largest absolute Gasteiger partial charge is 0.505 e. The fraction of sp³-hybridized carbons (Fsp3) is 0.0500. The van der Waals surface area contributed by atoms with Gasteiger partial charge in [-0.1, -0.05) is 11.6 Å². The minimum Gasteiger partial charge on any atom is -0.505 e. The number of aromatic hydroxyl groups is 1. The lowest BCUT2D eigenvalue weighted by atomic mass is 10.2. The van der Waals surface area contributed by atoms with E-state index in [0.29, 0.717) is 33.1 Å². The van der Waals surface area contributed by atoms with Gasteiger partial charge in [0.05, 0.1) is 12.7 Å². The molecule has 140 valence electrons. The number of phenolic OH excluding ortho intramolecular Hbond substituents is 1. The first kappa shape index (κ1) is 17.8. The highest BCUT2D eigenvalue weighted by Gasteiger charge is 2.13. The van der Waals surface area contributed by atoms with Crippen LogP contribution < -0.4 is 9.47 Å². The van der Waals surface area contributed by atoms with Crippen molar-refractivity contribution in [3.63, 3.8) is 0 Å². The second-order valence-corrected chi connectivity index (χ2v) is 6.33. The van der Waals surface area contributed by atoms with E-state index in [1.165, 1.54) is 10.9 Å². The summed E-state index contributed by atoms with van der Waals surface area (Å²) >= 11 is 5.96. The van der Waals surface area contributed by atoms with Gasteiger partial charge >= 0.3 is 5.97 Å². The van der Waals surface area contributed by atoms with Gasteiger partial charge in [0.25, 0.3) is 0 Å². The first-order chi connectivity index (χ1) is 13.5.